The maximum absolute atomic E-state index is 12.9. The quantitative estimate of drug-likeness (QED) is 0.720. The van der Waals surface area contributed by atoms with Crippen molar-refractivity contribution in [2.45, 2.75) is 0 Å². The van der Waals surface area contributed by atoms with Crippen molar-refractivity contribution in [1.29, 1.82) is 0 Å². The molecular formula is C16H12FNO2. The summed E-state index contributed by atoms with van der Waals surface area (Å²) >= 11 is 0. The molecule has 3 rings (SSSR count). The Hall–Kier alpha value is -2.62. The molecule has 0 bridgehead atoms. The molecule has 1 N–H and O–H groups in total. The van der Waals surface area contributed by atoms with Gasteiger partial charge in [0, 0.05) is 10.9 Å². The Morgan fingerprint density at radius 3 is 2.45 bits per heavy atom. The molecule has 3 aromatic rings. The maximum atomic E-state index is 12.9. The molecule has 0 aliphatic carbocycles. The molecule has 3 nitrogen and oxygen atoms in total. The fourth-order valence-corrected chi connectivity index (χ4v) is 2.17. The summed E-state index contributed by atoms with van der Waals surface area (Å²) in [6.07, 6.45) is 0. The van der Waals surface area contributed by atoms with Crippen LogP contribution in [0.25, 0.3) is 22.0 Å². The lowest BCUT2D eigenvalue weighted by Crippen LogP contribution is -2.00. The predicted molar refractivity (Wildman–Crippen MR) is 75.0 cm³/mol. The van der Waals surface area contributed by atoms with Gasteiger partial charge in [-0.3, -0.25) is 0 Å². The van der Waals surface area contributed by atoms with Crippen LogP contribution in [0, 0.1) is 5.82 Å². The number of methoxy groups -OCH3 is 1. The van der Waals surface area contributed by atoms with Crippen molar-refractivity contribution in [1.82, 2.24) is 4.98 Å². The van der Waals surface area contributed by atoms with E-state index in [2.05, 4.69) is 9.72 Å². The van der Waals surface area contributed by atoms with Gasteiger partial charge in [-0.15, -0.1) is 0 Å². The summed E-state index contributed by atoms with van der Waals surface area (Å²) in [5, 5.41) is 0.927. The Morgan fingerprint density at radius 1 is 1.05 bits per heavy atom. The minimum absolute atomic E-state index is 0.261. The molecule has 0 radical (unpaired) electrons. The topological polar surface area (TPSA) is 42.1 Å². The predicted octanol–water partition coefficient (Wildman–Crippen LogP) is 3.76. The Morgan fingerprint density at radius 2 is 1.75 bits per heavy atom. The smallest absolute Gasteiger partial charge is 0.354 e. The molecule has 0 fully saturated rings. The second-order valence-corrected chi connectivity index (χ2v) is 4.48. The number of esters is 1. The molecule has 1 heterocycles. The first kappa shape index (κ1) is 12.4. The third-order valence-corrected chi connectivity index (χ3v) is 3.21. The van der Waals surface area contributed by atoms with E-state index in [1.54, 1.807) is 18.2 Å². The van der Waals surface area contributed by atoms with E-state index in [4.69, 9.17) is 0 Å². The zero-order valence-electron chi connectivity index (χ0n) is 10.8. The van der Waals surface area contributed by atoms with Crippen molar-refractivity contribution in [3.8, 4) is 11.1 Å². The van der Waals surface area contributed by atoms with Crippen molar-refractivity contribution in [3.05, 3.63) is 60.0 Å². The molecule has 0 saturated heterocycles. The first-order valence-corrected chi connectivity index (χ1v) is 6.14. The highest BCUT2D eigenvalue weighted by molar-refractivity contribution is 5.95. The molecule has 0 unspecified atom stereocenters. The normalized spacial score (nSPS) is 10.7. The van der Waals surface area contributed by atoms with Crippen LogP contribution in [0.4, 0.5) is 4.39 Å². The van der Waals surface area contributed by atoms with Gasteiger partial charge in [0.1, 0.15) is 11.5 Å². The maximum Gasteiger partial charge on any atom is 0.354 e. The number of rotatable bonds is 2. The van der Waals surface area contributed by atoms with Gasteiger partial charge in [0.15, 0.2) is 0 Å². The van der Waals surface area contributed by atoms with E-state index in [-0.39, 0.29) is 5.82 Å². The van der Waals surface area contributed by atoms with Gasteiger partial charge in [-0.1, -0.05) is 24.3 Å². The first-order chi connectivity index (χ1) is 9.67. The van der Waals surface area contributed by atoms with Crippen LogP contribution in [0.2, 0.25) is 0 Å². The van der Waals surface area contributed by atoms with Gasteiger partial charge in [-0.05, 0) is 35.4 Å². The molecule has 0 atom stereocenters. The van der Waals surface area contributed by atoms with E-state index in [1.165, 1.54) is 19.2 Å². The minimum atomic E-state index is -0.399. The van der Waals surface area contributed by atoms with Crippen LogP contribution in [0.1, 0.15) is 10.5 Å². The SMILES string of the molecule is COC(=O)c1cc2ccc(-c3ccc(F)cc3)cc2[nH]1. The van der Waals surface area contributed by atoms with Crippen LogP contribution in [0.5, 0.6) is 0 Å². The number of nitrogens with one attached hydrogen (secondary N) is 1. The Balaban J connectivity index is 2.06. The van der Waals surface area contributed by atoms with Crippen molar-refractivity contribution < 1.29 is 13.9 Å². The number of aromatic amines is 1. The fraction of sp³-hybridized carbons (Fsp3) is 0.0625. The third-order valence-electron chi connectivity index (χ3n) is 3.21. The summed E-state index contributed by atoms with van der Waals surface area (Å²) in [6, 6.07) is 13.8. The summed E-state index contributed by atoms with van der Waals surface area (Å²) in [5.74, 6) is -0.660. The highest BCUT2D eigenvalue weighted by atomic mass is 19.1. The lowest BCUT2D eigenvalue weighted by atomic mass is 10.0. The Bertz CT molecular complexity index is 775. The summed E-state index contributed by atoms with van der Waals surface area (Å²) in [7, 11) is 1.35. The summed E-state index contributed by atoms with van der Waals surface area (Å²) in [6.45, 7) is 0. The van der Waals surface area contributed by atoms with Crippen LogP contribution in [0.15, 0.2) is 48.5 Å². The van der Waals surface area contributed by atoms with Crippen molar-refractivity contribution in [2.75, 3.05) is 7.11 Å². The summed E-state index contributed by atoms with van der Waals surface area (Å²) in [4.78, 5) is 14.5. The number of fused-ring (bicyclic) bond motifs is 1. The van der Waals surface area contributed by atoms with Gasteiger partial charge in [0.05, 0.1) is 7.11 Å². The monoisotopic (exact) mass is 269 g/mol. The van der Waals surface area contributed by atoms with E-state index >= 15 is 0 Å². The molecule has 0 amide bonds. The lowest BCUT2D eigenvalue weighted by Gasteiger charge is -2.01. The molecule has 1 aromatic heterocycles. The van der Waals surface area contributed by atoms with Gasteiger partial charge in [-0.2, -0.15) is 0 Å². The largest absolute Gasteiger partial charge is 0.464 e. The average Bonchev–Trinajstić information content (AvgIpc) is 2.90. The van der Waals surface area contributed by atoms with E-state index in [1.807, 2.05) is 18.2 Å². The highest BCUT2D eigenvalue weighted by Crippen LogP contribution is 2.25. The average molecular weight is 269 g/mol. The minimum Gasteiger partial charge on any atom is -0.464 e. The number of carbonyl (C=O) groups is 1. The Kier molecular flexibility index (Phi) is 2.99. The zero-order chi connectivity index (χ0) is 14.1. The van der Waals surface area contributed by atoms with Crippen LogP contribution in [-0.4, -0.2) is 18.1 Å². The number of halogens is 1. The van der Waals surface area contributed by atoms with E-state index in [9.17, 15) is 9.18 Å². The first-order valence-electron chi connectivity index (χ1n) is 6.14. The molecule has 4 heteroatoms. The number of hydrogen-bond donors (Lipinski definition) is 1. The molecule has 100 valence electrons. The van der Waals surface area contributed by atoms with E-state index < -0.39 is 5.97 Å². The molecule has 0 spiro atoms. The van der Waals surface area contributed by atoms with Crippen molar-refractivity contribution in [2.24, 2.45) is 0 Å². The molecule has 0 aliphatic heterocycles. The number of ether oxygens (including phenoxy) is 1. The van der Waals surface area contributed by atoms with E-state index in [0.717, 1.165) is 22.0 Å². The third kappa shape index (κ3) is 2.16. The number of hydrogen-bond acceptors (Lipinski definition) is 2. The van der Waals surface area contributed by atoms with Gasteiger partial charge in [-0.25, -0.2) is 9.18 Å². The van der Waals surface area contributed by atoms with Crippen LogP contribution in [0.3, 0.4) is 0 Å². The van der Waals surface area contributed by atoms with Gasteiger partial charge in [0.2, 0.25) is 0 Å². The van der Waals surface area contributed by atoms with Gasteiger partial charge < -0.3 is 9.72 Å². The molecule has 2 aromatic carbocycles. The second-order valence-electron chi connectivity index (χ2n) is 4.48. The second kappa shape index (κ2) is 4.81. The summed E-state index contributed by atoms with van der Waals surface area (Å²) < 4.78 is 17.6. The summed E-state index contributed by atoms with van der Waals surface area (Å²) in [5.41, 5.74) is 3.13. The van der Waals surface area contributed by atoms with Crippen LogP contribution in [-0.2, 0) is 4.74 Å². The zero-order valence-corrected chi connectivity index (χ0v) is 10.8. The number of benzene rings is 2. The Labute approximate surface area is 115 Å². The van der Waals surface area contributed by atoms with E-state index in [0.29, 0.717) is 5.69 Å². The molecular weight excluding hydrogens is 257 g/mol. The number of carbonyl (C=O) groups excluding carboxylic acids is 1. The molecule has 0 saturated carbocycles. The van der Waals surface area contributed by atoms with Crippen LogP contribution >= 0.6 is 0 Å². The van der Waals surface area contributed by atoms with Crippen molar-refractivity contribution in [3.63, 3.8) is 0 Å². The fourth-order valence-electron chi connectivity index (χ4n) is 2.17. The van der Waals surface area contributed by atoms with Crippen molar-refractivity contribution >= 4 is 16.9 Å². The molecule has 20 heavy (non-hydrogen) atoms. The lowest BCUT2D eigenvalue weighted by molar-refractivity contribution is 0.0595. The molecule has 0 aliphatic rings. The highest BCUT2D eigenvalue weighted by Gasteiger charge is 2.09. The number of H-pyrrole nitrogens is 1. The standard InChI is InChI=1S/C16H12FNO2/c1-20-16(19)15-9-12-3-2-11(8-14(12)18-15)10-4-6-13(17)7-5-10/h2-9,18H,1H3. The van der Waals surface area contributed by atoms with Crippen LogP contribution < -0.4 is 0 Å². The number of aromatic nitrogens is 1. The van der Waals surface area contributed by atoms with Gasteiger partial charge in [0.25, 0.3) is 0 Å². The van der Waals surface area contributed by atoms with Gasteiger partial charge >= 0.3 is 5.97 Å².